The molecule has 1 amide bonds. The second-order valence-electron chi connectivity index (χ2n) is 7.03. The van der Waals surface area contributed by atoms with Crippen molar-refractivity contribution in [3.8, 4) is 5.88 Å². The zero-order valence-corrected chi connectivity index (χ0v) is 16.5. The van der Waals surface area contributed by atoms with Crippen molar-refractivity contribution >= 4 is 18.2 Å². The van der Waals surface area contributed by atoms with Crippen molar-refractivity contribution in [3.05, 3.63) is 76.1 Å². The van der Waals surface area contributed by atoms with Crippen molar-refractivity contribution in [2.75, 3.05) is 13.2 Å². The van der Waals surface area contributed by atoms with Crippen LogP contribution in [-0.4, -0.2) is 39.4 Å². The summed E-state index contributed by atoms with van der Waals surface area (Å²) in [6, 6.07) is 11.2. The first-order chi connectivity index (χ1) is 14.6. The second-order valence-corrected chi connectivity index (χ2v) is 7.03. The van der Waals surface area contributed by atoms with Crippen molar-refractivity contribution in [2.45, 2.75) is 19.4 Å². The first-order valence-corrected chi connectivity index (χ1v) is 9.64. The molecule has 154 valence electrons. The molecule has 0 spiro atoms. The van der Waals surface area contributed by atoms with Gasteiger partial charge in [0.25, 0.3) is 11.8 Å². The minimum atomic E-state index is -0.280. The van der Waals surface area contributed by atoms with Crippen LogP contribution < -0.4 is 20.8 Å². The zero-order valence-electron chi connectivity index (χ0n) is 16.5. The molecule has 1 aromatic carbocycles. The number of aliphatic hydroxyl groups is 1. The van der Waals surface area contributed by atoms with Gasteiger partial charge < -0.3 is 19.8 Å². The lowest BCUT2D eigenvalue weighted by molar-refractivity contribution is 0.0204. The molecule has 1 aliphatic heterocycles. The number of fused-ring (bicyclic) bond motifs is 1. The Balaban J connectivity index is 1.42. The largest absolute Gasteiger partial charge is 0.396 e. The quantitative estimate of drug-likeness (QED) is 0.602. The third kappa shape index (κ3) is 4.33. The molecule has 4 rings (SSSR count). The molecule has 30 heavy (non-hydrogen) atoms. The number of hydroxylamine groups is 2. The van der Waals surface area contributed by atoms with Crippen LogP contribution in [0.5, 0.6) is 5.88 Å². The molecule has 8 nitrogen and oxygen atoms in total. The fourth-order valence-electron chi connectivity index (χ4n) is 3.05. The van der Waals surface area contributed by atoms with Gasteiger partial charge in [0.1, 0.15) is 5.56 Å². The molecule has 1 aliphatic rings. The monoisotopic (exact) mass is 406 g/mol. The van der Waals surface area contributed by atoms with E-state index in [1.807, 2.05) is 37.3 Å². The number of pyridine rings is 1. The lowest BCUT2D eigenvalue weighted by Gasteiger charge is -2.20. The molecule has 2 aromatic heterocycles. The maximum Gasteiger partial charge on any atom is 0.258 e. The number of aromatic nitrogens is 2. The van der Waals surface area contributed by atoms with Crippen molar-refractivity contribution in [2.24, 2.45) is 0 Å². The zero-order chi connectivity index (χ0) is 20.9. The van der Waals surface area contributed by atoms with Crippen LogP contribution in [0.15, 0.2) is 53.3 Å². The van der Waals surface area contributed by atoms with E-state index < -0.39 is 0 Å². The summed E-state index contributed by atoms with van der Waals surface area (Å²) in [5.41, 5.74) is 3.05. The Morgan fingerprint density at radius 3 is 2.97 bits per heavy atom. The highest BCUT2D eigenvalue weighted by atomic mass is 16.7. The summed E-state index contributed by atoms with van der Waals surface area (Å²) in [7, 11) is 0. The third-order valence-electron chi connectivity index (χ3n) is 4.86. The van der Waals surface area contributed by atoms with Gasteiger partial charge in [0, 0.05) is 25.3 Å². The van der Waals surface area contributed by atoms with Gasteiger partial charge in [-0.25, -0.2) is 10.0 Å². The molecular weight excluding hydrogens is 384 g/mol. The van der Waals surface area contributed by atoms with Gasteiger partial charge in [-0.05, 0) is 29.3 Å². The highest BCUT2D eigenvalue weighted by Crippen LogP contribution is 2.17. The summed E-state index contributed by atoms with van der Waals surface area (Å²) in [6.45, 7) is 2.87. The summed E-state index contributed by atoms with van der Waals surface area (Å²) in [4.78, 5) is 22.8. The molecule has 3 aromatic rings. The highest BCUT2D eigenvalue weighted by Gasteiger charge is 2.17. The molecule has 0 radical (unpaired) electrons. The molecule has 0 saturated heterocycles. The predicted molar refractivity (Wildman–Crippen MR) is 109 cm³/mol. The molecule has 0 bridgehead atoms. The Labute approximate surface area is 173 Å². The first-order valence-electron chi connectivity index (χ1n) is 9.64. The van der Waals surface area contributed by atoms with E-state index in [-0.39, 0.29) is 24.3 Å². The van der Waals surface area contributed by atoms with E-state index in [1.54, 1.807) is 35.8 Å². The van der Waals surface area contributed by atoms with E-state index >= 15 is 0 Å². The summed E-state index contributed by atoms with van der Waals surface area (Å²) >= 11 is 0. The average molecular weight is 406 g/mol. The maximum atomic E-state index is 12.7. The lowest BCUT2D eigenvalue weighted by Crippen LogP contribution is -2.35. The fourth-order valence-corrected chi connectivity index (χ4v) is 3.05. The van der Waals surface area contributed by atoms with E-state index in [2.05, 4.69) is 15.5 Å². The van der Waals surface area contributed by atoms with Gasteiger partial charge in [-0.15, -0.1) is 0 Å². The number of benzene rings is 1. The standard InChI is InChI=1S/C22H22N4O4/c1-15(14-27)17-6-4-16(5-7-17)11-24-21(28)19-3-2-9-23-22(19)30-26-10-8-20-18(13-26)12-25-29-20/h2-9,12-13,15,27H,10-11,14H2,1H3,(H,24,28). The van der Waals surface area contributed by atoms with E-state index in [9.17, 15) is 9.90 Å². The van der Waals surface area contributed by atoms with Crippen LogP contribution in [0.4, 0.5) is 0 Å². The SMILES string of the molecule is CC(CO)c1ccc(CNC(=O)c2cccnc2ON2C=c3cnoc3=CC2)cc1. The van der Waals surface area contributed by atoms with E-state index in [1.165, 1.54) is 0 Å². The number of nitrogens with zero attached hydrogens (tertiary/aromatic N) is 3. The molecule has 8 heteroatoms. The molecule has 1 unspecified atom stereocenters. The molecule has 0 fully saturated rings. The van der Waals surface area contributed by atoms with Gasteiger partial charge in [0.05, 0.1) is 24.2 Å². The van der Waals surface area contributed by atoms with Crippen LogP contribution in [0.1, 0.15) is 34.3 Å². The number of carbonyl (C=O) groups excluding carboxylic acids is 1. The number of rotatable bonds is 7. The number of aliphatic hydroxyl groups excluding tert-OH is 1. The summed E-state index contributed by atoms with van der Waals surface area (Å²) in [6.07, 6.45) is 6.76. The minimum Gasteiger partial charge on any atom is -0.396 e. The maximum absolute atomic E-state index is 12.7. The highest BCUT2D eigenvalue weighted by molar-refractivity contribution is 5.96. The Morgan fingerprint density at radius 2 is 2.17 bits per heavy atom. The van der Waals surface area contributed by atoms with Crippen molar-refractivity contribution < 1.29 is 19.3 Å². The lowest BCUT2D eigenvalue weighted by atomic mass is 10.0. The van der Waals surface area contributed by atoms with Crippen LogP contribution in [-0.2, 0) is 6.54 Å². The number of hydrogen-bond donors (Lipinski definition) is 2. The van der Waals surface area contributed by atoms with E-state index in [0.717, 1.165) is 16.3 Å². The smallest absolute Gasteiger partial charge is 0.258 e. The average Bonchev–Trinajstić information content (AvgIpc) is 3.25. The Hall–Kier alpha value is -3.65. The van der Waals surface area contributed by atoms with Crippen LogP contribution in [0.25, 0.3) is 12.3 Å². The van der Waals surface area contributed by atoms with Crippen LogP contribution in [0, 0.1) is 0 Å². The molecule has 0 saturated carbocycles. The van der Waals surface area contributed by atoms with Gasteiger partial charge in [-0.2, -0.15) is 0 Å². The van der Waals surface area contributed by atoms with Crippen molar-refractivity contribution in [1.82, 2.24) is 20.5 Å². The summed E-state index contributed by atoms with van der Waals surface area (Å²) < 4.78 is 5.11. The van der Waals surface area contributed by atoms with Gasteiger partial charge in [0.15, 0.2) is 5.42 Å². The van der Waals surface area contributed by atoms with Gasteiger partial charge in [-0.1, -0.05) is 36.3 Å². The Bertz CT molecular complexity index is 1140. The molecule has 0 aliphatic carbocycles. The van der Waals surface area contributed by atoms with Crippen molar-refractivity contribution in [1.29, 1.82) is 0 Å². The predicted octanol–water partition coefficient (Wildman–Crippen LogP) is 0.923. The second kappa shape index (κ2) is 8.79. The number of amides is 1. The molecule has 1 atom stereocenters. The Morgan fingerprint density at radius 1 is 1.33 bits per heavy atom. The van der Waals surface area contributed by atoms with Gasteiger partial charge in [-0.3, -0.25) is 4.79 Å². The topological polar surface area (TPSA) is 101 Å². The van der Waals surface area contributed by atoms with Crippen LogP contribution in [0.3, 0.4) is 0 Å². The normalized spacial score (nSPS) is 13.6. The Kier molecular flexibility index (Phi) is 5.76. The number of hydrogen-bond acceptors (Lipinski definition) is 7. The van der Waals surface area contributed by atoms with Crippen LogP contribution >= 0.6 is 0 Å². The summed E-state index contributed by atoms with van der Waals surface area (Å²) in [5.74, 6) is 0.0192. The summed E-state index contributed by atoms with van der Waals surface area (Å²) in [5, 5.41) is 18.3. The molecule has 3 heterocycles. The minimum absolute atomic E-state index is 0.0847. The van der Waals surface area contributed by atoms with Crippen LogP contribution in [0.2, 0.25) is 0 Å². The van der Waals surface area contributed by atoms with Gasteiger partial charge >= 0.3 is 0 Å². The third-order valence-corrected chi connectivity index (χ3v) is 4.86. The number of nitrogens with one attached hydrogen (secondary N) is 1. The number of carbonyl (C=O) groups is 1. The van der Waals surface area contributed by atoms with E-state index in [4.69, 9.17) is 9.36 Å². The molecular formula is C22H22N4O4. The fraction of sp³-hybridized carbons (Fsp3) is 0.227. The molecule has 2 N–H and O–H groups in total. The first kappa shape index (κ1) is 19.7. The van der Waals surface area contributed by atoms with E-state index in [0.29, 0.717) is 24.1 Å². The van der Waals surface area contributed by atoms with Crippen molar-refractivity contribution in [3.63, 3.8) is 0 Å². The van der Waals surface area contributed by atoms with Gasteiger partial charge in [0.2, 0.25) is 0 Å².